The first kappa shape index (κ1) is 13.9. The van der Waals surface area contributed by atoms with Crippen LogP contribution < -0.4 is 5.73 Å². The molecular weight excluding hydrogens is 256 g/mol. The topological polar surface area (TPSA) is 59.1 Å². The minimum absolute atomic E-state index is 0.383. The van der Waals surface area contributed by atoms with E-state index in [1.807, 2.05) is 24.3 Å². The summed E-state index contributed by atoms with van der Waals surface area (Å²) in [5.74, 6) is 1.17. The predicted molar refractivity (Wildman–Crippen MR) is 80.3 cm³/mol. The van der Waals surface area contributed by atoms with Crippen molar-refractivity contribution in [2.45, 2.75) is 24.3 Å². The lowest BCUT2D eigenvalue weighted by molar-refractivity contribution is 0.200. The highest BCUT2D eigenvalue weighted by Crippen LogP contribution is 2.23. The number of aromatic nitrogens is 1. The van der Waals surface area contributed by atoms with Gasteiger partial charge in [-0.2, -0.15) is 0 Å². The Morgan fingerprint density at radius 3 is 2.84 bits per heavy atom. The number of aliphatic hydroxyl groups is 1. The molecule has 1 aromatic heterocycles. The third-order valence-electron chi connectivity index (χ3n) is 2.84. The second kappa shape index (κ2) is 6.59. The molecular formula is C15H18N2OS. The first-order chi connectivity index (χ1) is 9.15. The molecule has 3 nitrogen and oxygen atoms in total. The van der Waals surface area contributed by atoms with Crippen LogP contribution in [0.25, 0.3) is 0 Å². The van der Waals surface area contributed by atoms with E-state index in [4.69, 9.17) is 5.73 Å². The molecule has 0 aliphatic heterocycles. The van der Waals surface area contributed by atoms with Crippen molar-refractivity contribution in [2.24, 2.45) is 0 Å². The number of thioether (sulfide) groups is 1. The van der Waals surface area contributed by atoms with Gasteiger partial charge in [0.1, 0.15) is 5.82 Å². The fraction of sp³-hybridized carbons (Fsp3) is 0.267. The predicted octanol–water partition coefficient (Wildman–Crippen LogP) is 2.67. The monoisotopic (exact) mass is 274 g/mol. The SMILES string of the molecule is Cc1ccccc1SCC(O)Cc1ccnc(N)c1. The highest BCUT2D eigenvalue weighted by atomic mass is 32.2. The van der Waals surface area contributed by atoms with Crippen LogP contribution in [-0.2, 0) is 6.42 Å². The molecule has 0 radical (unpaired) electrons. The third kappa shape index (κ3) is 4.26. The standard InChI is InChI=1S/C15H18N2OS/c1-11-4-2-3-5-14(11)19-10-13(18)8-12-6-7-17-15(16)9-12/h2-7,9,13,18H,8,10H2,1H3,(H2,16,17). The van der Waals surface area contributed by atoms with Gasteiger partial charge in [0, 0.05) is 16.8 Å². The lowest BCUT2D eigenvalue weighted by atomic mass is 10.1. The largest absolute Gasteiger partial charge is 0.392 e. The normalized spacial score (nSPS) is 12.3. The van der Waals surface area contributed by atoms with Crippen molar-refractivity contribution in [1.29, 1.82) is 0 Å². The van der Waals surface area contributed by atoms with Crippen LogP contribution in [0, 0.1) is 6.92 Å². The molecule has 1 unspecified atom stereocenters. The first-order valence-corrected chi connectivity index (χ1v) is 7.20. The minimum Gasteiger partial charge on any atom is -0.392 e. The number of aryl methyl sites for hydroxylation is 1. The Bertz CT molecular complexity index is 545. The average Bonchev–Trinajstić information content (AvgIpc) is 2.38. The van der Waals surface area contributed by atoms with Gasteiger partial charge in [-0.05, 0) is 42.7 Å². The molecule has 0 saturated heterocycles. The maximum absolute atomic E-state index is 10.1. The van der Waals surface area contributed by atoms with Crippen molar-refractivity contribution < 1.29 is 5.11 Å². The van der Waals surface area contributed by atoms with E-state index in [0.29, 0.717) is 18.0 Å². The van der Waals surface area contributed by atoms with E-state index >= 15 is 0 Å². The molecule has 0 spiro atoms. The van der Waals surface area contributed by atoms with Gasteiger partial charge in [0.05, 0.1) is 6.10 Å². The number of hydrogen-bond acceptors (Lipinski definition) is 4. The van der Waals surface area contributed by atoms with Crippen LogP contribution in [-0.4, -0.2) is 21.9 Å². The molecule has 2 aromatic rings. The van der Waals surface area contributed by atoms with Crippen molar-refractivity contribution in [3.05, 3.63) is 53.7 Å². The van der Waals surface area contributed by atoms with E-state index < -0.39 is 0 Å². The van der Waals surface area contributed by atoms with Gasteiger partial charge < -0.3 is 10.8 Å². The molecule has 0 bridgehead atoms. The van der Waals surface area contributed by atoms with Gasteiger partial charge in [0.25, 0.3) is 0 Å². The molecule has 2 rings (SSSR count). The lowest BCUT2D eigenvalue weighted by Gasteiger charge is -2.11. The first-order valence-electron chi connectivity index (χ1n) is 6.22. The number of nitrogen functional groups attached to an aromatic ring is 1. The van der Waals surface area contributed by atoms with Gasteiger partial charge in [-0.1, -0.05) is 18.2 Å². The number of aliphatic hydroxyl groups excluding tert-OH is 1. The molecule has 0 fully saturated rings. The summed E-state index contributed by atoms with van der Waals surface area (Å²) in [6, 6.07) is 11.9. The van der Waals surface area contributed by atoms with Crippen molar-refractivity contribution in [3.8, 4) is 0 Å². The maximum Gasteiger partial charge on any atom is 0.123 e. The Hall–Kier alpha value is -1.52. The zero-order chi connectivity index (χ0) is 13.7. The molecule has 19 heavy (non-hydrogen) atoms. The Morgan fingerprint density at radius 1 is 1.32 bits per heavy atom. The molecule has 1 atom stereocenters. The molecule has 0 amide bonds. The van der Waals surface area contributed by atoms with Gasteiger partial charge in [-0.25, -0.2) is 4.98 Å². The summed E-state index contributed by atoms with van der Waals surface area (Å²) in [5.41, 5.74) is 7.88. The Kier molecular flexibility index (Phi) is 4.82. The smallest absolute Gasteiger partial charge is 0.123 e. The summed E-state index contributed by atoms with van der Waals surface area (Å²) in [6.07, 6.45) is 1.89. The molecule has 0 aliphatic rings. The average molecular weight is 274 g/mol. The molecule has 4 heteroatoms. The van der Waals surface area contributed by atoms with E-state index in [9.17, 15) is 5.11 Å². The van der Waals surface area contributed by atoms with Crippen LogP contribution >= 0.6 is 11.8 Å². The number of hydrogen-bond donors (Lipinski definition) is 2. The van der Waals surface area contributed by atoms with E-state index in [1.54, 1.807) is 18.0 Å². The molecule has 0 aliphatic carbocycles. The number of rotatable bonds is 5. The molecule has 3 N–H and O–H groups in total. The quantitative estimate of drug-likeness (QED) is 0.823. The fourth-order valence-corrected chi connectivity index (χ4v) is 2.82. The summed E-state index contributed by atoms with van der Waals surface area (Å²) in [4.78, 5) is 5.16. The highest BCUT2D eigenvalue weighted by Gasteiger charge is 2.08. The minimum atomic E-state index is -0.383. The second-order valence-electron chi connectivity index (χ2n) is 4.52. The third-order valence-corrected chi connectivity index (χ3v) is 4.16. The maximum atomic E-state index is 10.1. The number of nitrogens with two attached hydrogens (primary N) is 1. The van der Waals surface area contributed by atoms with E-state index in [0.717, 1.165) is 5.56 Å². The Morgan fingerprint density at radius 2 is 2.11 bits per heavy atom. The van der Waals surface area contributed by atoms with Crippen molar-refractivity contribution >= 4 is 17.6 Å². The Labute approximate surface area is 117 Å². The summed E-state index contributed by atoms with van der Waals surface area (Å²) >= 11 is 1.68. The number of anilines is 1. The van der Waals surface area contributed by atoms with Crippen molar-refractivity contribution in [1.82, 2.24) is 4.98 Å². The van der Waals surface area contributed by atoms with Crippen molar-refractivity contribution in [3.63, 3.8) is 0 Å². The summed E-state index contributed by atoms with van der Waals surface area (Å²) in [7, 11) is 0. The van der Waals surface area contributed by atoms with Gasteiger partial charge in [-0.15, -0.1) is 11.8 Å². The van der Waals surface area contributed by atoms with E-state index in [2.05, 4.69) is 24.0 Å². The summed E-state index contributed by atoms with van der Waals surface area (Å²) in [6.45, 7) is 2.08. The lowest BCUT2D eigenvalue weighted by Crippen LogP contribution is -2.13. The van der Waals surface area contributed by atoms with Gasteiger partial charge in [-0.3, -0.25) is 0 Å². The Balaban J connectivity index is 1.88. The molecule has 1 heterocycles. The molecule has 100 valence electrons. The van der Waals surface area contributed by atoms with Crippen LogP contribution in [0.3, 0.4) is 0 Å². The molecule has 1 aromatic carbocycles. The highest BCUT2D eigenvalue weighted by molar-refractivity contribution is 7.99. The fourth-order valence-electron chi connectivity index (χ4n) is 1.86. The van der Waals surface area contributed by atoms with E-state index in [1.165, 1.54) is 10.5 Å². The number of benzene rings is 1. The number of nitrogens with zero attached hydrogens (tertiary/aromatic N) is 1. The summed E-state index contributed by atoms with van der Waals surface area (Å²) in [5, 5.41) is 10.1. The number of pyridine rings is 1. The summed E-state index contributed by atoms with van der Waals surface area (Å²) < 4.78 is 0. The van der Waals surface area contributed by atoms with Gasteiger partial charge in [0.2, 0.25) is 0 Å². The molecule has 0 saturated carbocycles. The van der Waals surface area contributed by atoms with Crippen LogP contribution in [0.5, 0.6) is 0 Å². The van der Waals surface area contributed by atoms with Crippen LogP contribution in [0.4, 0.5) is 5.82 Å². The van der Waals surface area contributed by atoms with Crippen molar-refractivity contribution in [2.75, 3.05) is 11.5 Å². The van der Waals surface area contributed by atoms with Gasteiger partial charge in [0.15, 0.2) is 0 Å². The zero-order valence-electron chi connectivity index (χ0n) is 10.9. The van der Waals surface area contributed by atoms with Gasteiger partial charge >= 0.3 is 0 Å². The van der Waals surface area contributed by atoms with Crippen LogP contribution in [0.15, 0.2) is 47.5 Å². The second-order valence-corrected chi connectivity index (χ2v) is 5.59. The van der Waals surface area contributed by atoms with E-state index in [-0.39, 0.29) is 6.10 Å². The van der Waals surface area contributed by atoms with Crippen LogP contribution in [0.1, 0.15) is 11.1 Å². The zero-order valence-corrected chi connectivity index (χ0v) is 11.7. The van der Waals surface area contributed by atoms with Crippen LogP contribution in [0.2, 0.25) is 0 Å².